The number of nitrogens with zero attached hydrogens (tertiary/aromatic N) is 6. The molecule has 5 rings (SSSR count). The molecule has 0 unspecified atom stereocenters. The van der Waals surface area contributed by atoms with Crippen molar-refractivity contribution in [1.29, 1.82) is 0 Å². The quantitative estimate of drug-likeness (QED) is 0.110. The fourth-order valence-corrected chi connectivity index (χ4v) is 4.61. The number of rotatable bonds is 12. The largest absolute Gasteiger partial charge is 0.465 e. The summed E-state index contributed by atoms with van der Waals surface area (Å²) in [6, 6.07) is 13.1. The van der Waals surface area contributed by atoms with E-state index in [1.807, 2.05) is 0 Å². The van der Waals surface area contributed by atoms with E-state index in [0.717, 1.165) is 0 Å². The smallest absolute Gasteiger partial charge is 0.339 e. The predicted octanol–water partition coefficient (Wildman–Crippen LogP) is 5.88. The van der Waals surface area contributed by atoms with Gasteiger partial charge in [-0.15, -0.1) is 0 Å². The second kappa shape index (κ2) is 18.1. The predicted molar refractivity (Wildman–Crippen MR) is 200 cm³/mol. The Labute approximate surface area is 309 Å². The molecule has 5 aromatic heterocycles. The maximum Gasteiger partial charge on any atom is 0.339 e. The van der Waals surface area contributed by atoms with E-state index in [-0.39, 0.29) is 0 Å². The number of hydrogen-bond donors (Lipinski definition) is 0. The summed E-state index contributed by atoms with van der Waals surface area (Å²) in [5.74, 6) is -2.02. The number of pyridine rings is 4. The van der Waals surface area contributed by atoms with Crippen molar-refractivity contribution in [2.75, 3.05) is 28.4 Å². The van der Waals surface area contributed by atoms with Gasteiger partial charge in [0.2, 0.25) is 0 Å². The van der Waals surface area contributed by atoms with Crippen LogP contribution in [-0.2, 0) is 18.9 Å². The van der Waals surface area contributed by atoms with Gasteiger partial charge < -0.3 is 18.9 Å². The molecule has 0 aromatic carbocycles. The van der Waals surface area contributed by atoms with E-state index in [1.54, 1.807) is 97.1 Å². The molecule has 0 saturated heterocycles. The molecule has 0 aliphatic heterocycles. The summed E-state index contributed by atoms with van der Waals surface area (Å²) in [7, 11) is 5.18. The average Bonchev–Trinajstić information content (AvgIpc) is 3.23. The summed E-state index contributed by atoms with van der Waals surface area (Å²) in [4.78, 5) is 74.8. The molecular formula is C40H32N6O8. The zero-order valence-corrected chi connectivity index (χ0v) is 29.5. The molecule has 5 aromatic rings. The lowest BCUT2D eigenvalue weighted by molar-refractivity contribution is 0.0591. The number of carbonyl (C=O) groups excluding carboxylic acids is 4. The van der Waals surface area contributed by atoms with Gasteiger partial charge in [0.15, 0.2) is 0 Å². The van der Waals surface area contributed by atoms with Crippen molar-refractivity contribution in [3.05, 3.63) is 141 Å². The summed E-state index contributed by atoms with van der Waals surface area (Å²) < 4.78 is 19.1. The molecule has 0 aliphatic rings. The zero-order valence-electron chi connectivity index (χ0n) is 29.5. The minimum Gasteiger partial charge on any atom is -0.465 e. The molecule has 0 amide bonds. The molecule has 0 fully saturated rings. The van der Waals surface area contributed by atoms with Gasteiger partial charge in [-0.2, -0.15) is 0 Å². The molecule has 0 atom stereocenters. The van der Waals surface area contributed by atoms with Crippen LogP contribution in [0.5, 0.6) is 0 Å². The topological polar surface area (TPSA) is 183 Å². The summed E-state index contributed by atoms with van der Waals surface area (Å²) in [5.41, 5.74) is 5.15. The highest BCUT2D eigenvalue weighted by Gasteiger charge is 2.11. The fraction of sp³-hybridized carbons (Fsp3) is 0.100. The van der Waals surface area contributed by atoms with Crippen LogP contribution in [0.15, 0.2) is 73.3 Å². The van der Waals surface area contributed by atoms with Crippen LogP contribution in [0.1, 0.15) is 87.0 Å². The van der Waals surface area contributed by atoms with Gasteiger partial charge >= 0.3 is 23.9 Å². The van der Waals surface area contributed by atoms with Crippen LogP contribution in [0.2, 0.25) is 0 Å². The first-order chi connectivity index (χ1) is 26.2. The molecule has 270 valence electrons. The molecule has 0 bridgehead atoms. The van der Waals surface area contributed by atoms with Crippen LogP contribution in [-0.4, -0.2) is 82.2 Å². The van der Waals surface area contributed by atoms with Gasteiger partial charge in [-0.05, 0) is 97.1 Å². The SMILES string of the molecule is COC(=O)c1ccc(/C=C/c2nc(/C=C/c3ccc(C(=O)OC)cn3)c(/C=C/c3ccc(C(=O)OC)cn3)nc2/C=C/c2ccc(C(=O)OC)cn2)nc1. The van der Waals surface area contributed by atoms with Crippen molar-refractivity contribution in [3.63, 3.8) is 0 Å². The van der Waals surface area contributed by atoms with E-state index in [0.29, 0.717) is 67.8 Å². The normalized spacial score (nSPS) is 11.3. The van der Waals surface area contributed by atoms with Gasteiger partial charge in [0.05, 0.1) is 96.2 Å². The second-order valence-electron chi connectivity index (χ2n) is 11.0. The zero-order chi connectivity index (χ0) is 38.5. The Bertz CT molecular complexity index is 1940. The van der Waals surface area contributed by atoms with Gasteiger partial charge in [-0.1, -0.05) is 0 Å². The maximum absolute atomic E-state index is 11.9. The van der Waals surface area contributed by atoms with Crippen LogP contribution < -0.4 is 0 Å². The Morgan fingerprint density at radius 3 is 0.759 bits per heavy atom. The summed E-state index contributed by atoms with van der Waals surface area (Å²) in [6.07, 6.45) is 19.4. The van der Waals surface area contributed by atoms with Crippen LogP contribution >= 0.6 is 0 Å². The van der Waals surface area contributed by atoms with Crippen LogP contribution in [0, 0.1) is 0 Å². The number of ether oxygens (including phenoxy) is 4. The van der Waals surface area contributed by atoms with Crippen LogP contribution in [0.25, 0.3) is 48.6 Å². The minimum atomic E-state index is -0.506. The molecule has 0 saturated carbocycles. The Morgan fingerprint density at radius 2 is 0.593 bits per heavy atom. The Morgan fingerprint density at radius 1 is 0.370 bits per heavy atom. The minimum absolute atomic E-state index is 0.301. The average molecular weight is 725 g/mol. The lowest BCUT2D eigenvalue weighted by Gasteiger charge is -2.07. The van der Waals surface area contributed by atoms with Crippen molar-refractivity contribution in [3.8, 4) is 0 Å². The number of esters is 4. The molecule has 0 spiro atoms. The van der Waals surface area contributed by atoms with Gasteiger partial charge in [-0.25, -0.2) is 29.1 Å². The van der Waals surface area contributed by atoms with Crippen LogP contribution in [0.3, 0.4) is 0 Å². The van der Waals surface area contributed by atoms with Crippen molar-refractivity contribution in [2.24, 2.45) is 0 Å². The summed E-state index contributed by atoms with van der Waals surface area (Å²) in [5, 5.41) is 0. The number of hydrogen-bond acceptors (Lipinski definition) is 14. The van der Waals surface area contributed by atoms with Crippen molar-refractivity contribution < 1.29 is 38.1 Å². The third kappa shape index (κ3) is 9.85. The van der Waals surface area contributed by atoms with Crippen molar-refractivity contribution in [2.45, 2.75) is 0 Å². The molecule has 14 nitrogen and oxygen atoms in total. The molecule has 54 heavy (non-hydrogen) atoms. The lowest BCUT2D eigenvalue weighted by Crippen LogP contribution is -2.02. The van der Waals surface area contributed by atoms with Crippen molar-refractivity contribution in [1.82, 2.24) is 29.9 Å². The first-order valence-corrected chi connectivity index (χ1v) is 16.0. The molecule has 0 N–H and O–H groups in total. The van der Waals surface area contributed by atoms with Gasteiger partial charge in [0.1, 0.15) is 0 Å². The molecule has 5 heterocycles. The Hall–Kier alpha value is -7.48. The highest BCUT2D eigenvalue weighted by molar-refractivity contribution is 5.91. The first-order valence-electron chi connectivity index (χ1n) is 16.0. The van der Waals surface area contributed by atoms with Gasteiger partial charge in [-0.3, -0.25) is 19.9 Å². The highest BCUT2D eigenvalue weighted by Crippen LogP contribution is 2.20. The molecule has 0 radical (unpaired) electrons. The van der Waals surface area contributed by atoms with E-state index in [2.05, 4.69) is 19.9 Å². The summed E-state index contributed by atoms with van der Waals surface area (Å²) >= 11 is 0. The number of aromatic nitrogens is 6. The van der Waals surface area contributed by atoms with E-state index in [9.17, 15) is 19.2 Å². The number of carbonyl (C=O) groups is 4. The standard InChI is InChI=1S/C40H32N6O8/c1-51-37(47)25-5-9-29(41-21-25)13-17-33-34(18-14-30-10-6-26(22-42-30)38(48)52-2)46-36(20-16-32-12-8-28(24-44-32)40(50)54-4)35(45-33)19-15-31-11-7-27(23-43-31)39(49)53-3/h5-24H,1-4H3/b17-13+,18-14+,19-15+,20-16+. The molecule has 14 heteroatoms. The third-order valence-corrected chi connectivity index (χ3v) is 7.48. The fourth-order valence-electron chi connectivity index (χ4n) is 4.61. The molecule has 0 aliphatic carbocycles. The van der Waals surface area contributed by atoms with Gasteiger partial charge in [0.25, 0.3) is 0 Å². The molecular weight excluding hydrogens is 692 g/mol. The Balaban J connectivity index is 1.59. The van der Waals surface area contributed by atoms with Crippen molar-refractivity contribution >= 4 is 72.5 Å². The maximum atomic E-state index is 11.9. The van der Waals surface area contributed by atoms with E-state index >= 15 is 0 Å². The first kappa shape index (κ1) is 37.8. The third-order valence-electron chi connectivity index (χ3n) is 7.48. The summed E-state index contributed by atoms with van der Waals surface area (Å²) in [6.45, 7) is 0. The van der Waals surface area contributed by atoms with Crippen LogP contribution in [0.4, 0.5) is 0 Å². The van der Waals surface area contributed by atoms with E-state index in [4.69, 9.17) is 28.9 Å². The van der Waals surface area contributed by atoms with Gasteiger partial charge in [0, 0.05) is 24.8 Å². The second-order valence-corrected chi connectivity index (χ2v) is 11.0. The lowest BCUT2D eigenvalue weighted by atomic mass is 10.1. The van der Waals surface area contributed by atoms with E-state index in [1.165, 1.54) is 53.2 Å². The highest BCUT2D eigenvalue weighted by atomic mass is 16.5. The number of methoxy groups -OCH3 is 4. The Kier molecular flexibility index (Phi) is 12.7. The monoisotopic (exact) mass is 724 g/mol. The van der Waals surface area contributed by atoms with E-state index < -0.39 is 23.9 Å².